The fraction of sp³-hybridized carbons (Fsp3) is 0.833. The topological polar surface area (TPSA) is 78.9 Å². The Bertz CT molecular complexity index is 275. The highest BCUT2D eigenvalue weighted by molar-refractivity contribution is 5.76. The van der Waals surface area contributed by atoms with Crippen molar-refractivity contribution >= 4 is 11.9 Å². The van der Waals surface area contributed by atoms with Crippen molar-refractivity contribution in [1.82, 2.24) is 10.2 Å². The molecule has 1 fully saturated rings. The second kappa shape index (κ2) is 8.05. The van der Waals surface area contributed by atoms with Gasteiger partial charge in [-0.25, -0.2) is 0 Å². The molecule has 1 saturated heterocycles. The van der Waals surface area contributed by atoms with Crippen molar-refractivity contribution in [1.29, 1.82) is 0 Å². The van der Waals surface area contributed by atoms with Crippen molar-refractivity contribution in [2.24, 2.45) is 0 Å². The van der Waals surface area contributed by atoms with Crippen LogP contribution in [0.15, 0.2) is 0 Å². The van der Waals surface area contributed by atoms with Gasteiger partial charge in [-0.1, -0.05) is 0 Å². The average Bonchev–Trinajstić information content (AvgIpc) is 2.36. The maximum Gasteiger partial charge on any atom is 0.305 e. The third-order valence-corrected chi connectivity index (χ3v) is 3.05. The van der Waals surface area contributed by atoms with Crippen LogP contribution in [0.4, 0.5) is 0 Å². The average molecular weight is 258 g/mol. The Balaban J connectivity index is 2.16. The Kier molecular flexibility index (Phi) is 6.67. The molecule has 2 N–H and O–H groups in total. The molecule has 0 spiro atoms. The Labute approximate surface area is 107 Å². The van der Waals surface area contributed by atoms with E-state index in [1.807, 2.05) is 11.9 Å². The van der Waals surface area contributed by atoms with Crippen LogP contribution < -0.4 is 5.32 Å². The molecule has 1 amide bonds. The molecule has 0 radical (unpaired) electrons. The Hall–Kier alpha value is -1.14. The van der Waals surface area contributed by atoms with Gasteiger partial charge >= 0.3 is 5.97 Å². The zero-order valence-electron chi connectivity index (χ0n) is 10.9. The zero-order valence-corrected chi connectivity index (χ0v) is 10.9. The van der Waals surface area contributed by atoms with Gasteiger partial charge in [-0.3, -0.25) is 9.59 Å². The maximum absolute atomic E-state index is 11.7. The number of rotatable bonds is 7. The van der Waals surface area contributed by atoms with Gasteiger partial charge in [0.15, 0.2) is 0 Å². The Morgan fingerprint density at radius 1 is 1.33 bits per heavy atom. The summed E-state index contributed by atoms with van der Waals surface area (Å²) < 4.78 is 5.47. The number of hydrogen-bond acceptors (Lipinski definition) is 4. The SMILES string of the molecule is CNCCC(=O)N1CCC(OCCC(=O)O)CC1. The van der Waals surface area contributed by atoms with Crippen LogP contribution in [0.5, 0.6) is 0 Å². The first-order valence-electron chi connectivity index (χ1n) is 6.39. The van der Waals surface area contributed by atoms with Crippen molar-refractivity contribution in [3.63, 3.8) is 0 Å². The van der Waals surface area contributed by atoms with Gasteiger partial charge in [0.05, 0.1) is 19.1 Å². The minimum absolute atomic E-state index is 0.0430. The Morgan fingerprint density at radius 2 is 2.00 bits per heavy atom. The summed E-state index contributed by atoms with van der Waals surface area (Å²) in [5, 5.41) is 11.5. The summed E-state index contributed by atoms with van der Waals surface area (Å²) in [6.45, 7) is 2.38. The van der Waals surface area contributed by atoms with Crippen LogP contribution in [-0.4, -0.2) is 61.3 Å². The molecule has 0 saturated carbocycles. The third kappa shape index (κ3) is 5.46. The second-order valence-electron chi connectivity index (χ2n) is 4.45. The molecule has 0 aromatic rings. The van der Waals surface area contributed by atoms with Gasteiger partial charge in [0.25, 0.3) is 0 Å². The van der Waals surface area contributed by atoms with E-state index in [0.29, 0.717) is 26.1 Å². The number of carboxylic acids is 1. The molecule has 1 aliphatic rings. The van der Waals surface area contributed by atoms with E-state index >= 15 is 0 Å². The number of carbonyl (C=O) groups is 2. The summed E-state index contributed by atoms with van der Waals surface area (Å²) in [4.78, 5) is 23.9. The molecule has 104 valence electrons. The summed E-state index contributed by atoms with van der Waals surface area (Å²) >= 11 is 0. The number of ether oxygens (including phenoxy) is 1. The molecule has 0 unspecified atom stereocenters. The van der Waals surface area contributed by atoms with Gasteiger partial charge in [-0.05, 0) is 19.9 Å². The van der Waals surface area contributed by atoms with E-state index in [1.54, 1.807) is 0 Å². The van der Waals surface area contributed by atoms with E-state index < -0.39 is 5.97 Å². The van der Waals surface area contributed by atoms with Gasteiger partial charge in [-0.2, -0.15) is 0 Å². The zero-order chi connectivity index (χ0) is 13.4. The van der Waals surface area contributed by atoms with E-state index in [0.717, 1.165) is 12.8 Å². The number of nitrogens with zero attached hydrogens (tertiary/aromatic N) is 1. The first kappa shape index (κ1) is 14.9. The normalized spacial score (nSPS) is 16.8. The quantitative estimate of drug-likeness (QED) is 0.676. The predicted octanol–water partition coefficient (Wildman–Crippen LogP) is 0.0782. The number of carboxylic acid groups (broad SMARTS) is 1. The van der Waals surface area contributed by atoms with E-state index in [4.69, 9.17) is 9.84 Å². The van der Waals surface area contributed by atoms with Crippen molar-refractivity contribution in [3.05, 3.63) is 0 Å². The van der Waals surface area contributed by atoms with Crippen molar-refractivity contribution < 1.29 is 19.4 Å². The predicted molar refractivity (Wildman–Crippen MR) is 66.4 cm³/mol. The molecule has 0 aromatic carbocycles. The van der Waals surface area contributed by atoms with Crippen LogP contribution in [-0.2, 0) is 14.3 Å². The van der Waals surface area contributed by atoms with Crippen LogP contribution in [0.3, 0.4) is 0 Å². The molecule has 1 heterocycles. The smallest absolute Gasteiger partial charge is 0.305 e. The van der Waals surface area contributed by atoms with E-state index in [2.05, 4.69) is 5.32 Å². The first-order valence-corrected chi connectivity index (χ1v) is 6.39. The summed E-state index contributed by atoms with van der Waals surface area (Å²) in [7, 11) is 1.83. The summed E-state index contributed by atoms with van der Waals surface area (Å²) in [5.41, 5.74) is 0. The number of nitrogens with one attached hydrogen (secondary N) is 1. The second-order valence-corrected chi connectivity index (χ2v) is 4.45. The number of amides is 1. The highest BCUT2D eigenvalue weighted by Crippen LogP contribution is 2.14. The molecule has 18 heavy (non-hydrogen) atoms. The molecule has 6 heteroatoms. The third-order valence-electron chi connectivity index (χ3n) is 3.05. The lowest BCUT2D eigenvalue weighted by molar-refractivity contribution is -0.139. The molecule has 0 bridgehead atoms. The molecule has 0 atom stereocenters. The van der Waals surface area contributed by atoms with Gasteiger partial charge < -0.3 is 20.1 Å². The maximum atomic E-state index is 11.7. The Morgan fingerprint density at radius 3 is 2.56 bits per heavy atom. The highest BCUT2D eigenvalue weighted by atomic mass is 16.5. The number of carbonyl (C=O) groups excluding carboxylic acids is 1. The molecule has 0 aromatic heterocycles. The molecule has 1 aliphatic heterocycles. The lowest BCUT2D eigenvalue weighted by Crippen LogP contribution is -2.41. The minimum Gasteiger partial charge on any atom is -0.481 e. The molecule has 1 rings (SSSR count). The monoisotopic (exact) mass is 258 g/mol. The van der Waals surface area contributed by atoms with Gasteiger partial charge in [-0.15, -0.1) is 0 Å². The van der Waals surface area contributed by atoms with E-state index in [1.165, 1.54) is 0 Å². The van der Waals surface area contributed by atoms with E-state index in [-0.39, 0.29) is 25.0 Å². The van der Waals surface area contributed by atoms with Crippen molar-refractivity contribution in [2.75, 3.05) is 33.3 Å². The largest absolute Gasteiger partial charge is 0.481 e. The lowest BCUT2D eigenvalue weighted by atomic mass is 10.1. The summed E-state index contributed by atoms with van der Waals surface area (Å²) in [6, 6.07) is 0. The lowest BCUT2D eigenvalue weighted by Gasteiger charge is -2.32. The highest BCUT2D eigenvalue weighted by Gasteiger charge is 2.22. The molecule has 0 aliphatic carbocycles. The fourth-order valence-electron chi connectivity index (χ4n) is 1.97. The van der Waals surface area contributed by atoms with Crippen LogP contribution in [0, 0.1) is 0 Å². The van der Waals surface area contributed by atoms with Gasteiger partial charge in [0.1, 0.15) is 0 Å². The standard InChI is InChI=1S/C12H22N2O4/c1-13-6-2-11(15)14-7-3-10(4-8-14)18-9-5-12(16)17/h10,13H,2-9H2,1H3,(H,16,17). The summed E-state index contributed by atoms with van der Waals surface area (Å²) in [6.07, 6.45) is 2.26. The minimum atomic E-state index is -0.838. The molecule has 6 nitrogen and oxygen atoms in total. The molecular weight excluding hydrogens is 236 g/mol. The van der Waals surface area contributed by atoms with Crippen LogP contribution in [0.1, 0.15) is 25.7 Å². The number of hydrogen-bond donors (Lipinski definition) is 2. The van der Waals surface area contributed by atoms with E-state index in [9.17, 15) is 9.59 Å². The summed E-state index contributed by atoms with van der Waals surface area (Å²) in [5.74, 6) is -0.664. The fourth-order valence-corrected chi connectivity index (χ4v) is 1.97. The van der Waals surface area contributed by atoms with Crippen molar-refractivity contribution in [3.8, 4) is 0 Å². The van der Waals surface area contributed by atoms with Gasteiger partial charge in [0, 0.05) is 26.1 Å². The van der Waals surface area contributed by atoms with Crippen molar-refractivity contribution in [2.45, 2.75) is 31.8 Å². The van der Waals surface area contributed by atoms with Crippen LogP contribution in [0.2, 0.25) is 0 Å². The van der Waals surface area contributed by atoms with Crippen LogP contribution in [0.25, 0.3) is 0 Å². The number of aliphatic carboxylic acids is 1. The number of piperidine rings is 1. The van der Waals surface area contributed by atoms with Crippen LogP contribution >= 0.6 is 0 Å². The first-order chi connectivity index (χ1) is 8.63. The number of likely N-dealkylation sites (tertiary alicyclic amines) is 1. The molecular formula is C12H22N2O4. The van der Waals surface area contributed by atoms with Gasteiger partial charge in [0.2, 0.25) is 5.91 Å².